The van der Waals surface area contributed by atoms with Crippen LogP contribution in [0.4, 0.5) is 0 Å². The van der Waals surface area contributed by atoms with E-state index in [1.807, 2.05) is 6.92 Å². The molecule has 0 aromatic heterocycles. The molecule has 3 fully saturated rings. The third-order valence-corrected chi connectivity index (χ3v) is 10.7. The number of hydrogen-bond acceptors (Lipinski definition) is 4. The van der Waals surface area contributed by atoms with Gasteiger partial charge >= 0.3 is 0 Å². The van der Waals surface area contributed by atoms with Crippen molar-refractivity contribution >= 4 is 5.78 Å². The predicted molar refractivity (Wildman–Crippen MR) is 127 cm³/mol. The second kappa shape index (κ2) is 7.78. The van der Waals surface area contributed by atoms with Crippen LogP contribution in [0.25, 0.3) is 0 Å². The first-order chi connectivity index (χ1) is 14.8. The standard InChI is InChI=1S/C28H44O4/c1-17(2)18(3)7-8-19(4)21-9-10-22-23-15-24(30)28(32)16-20(29)11-12-26(28,6)27(23,31)14-13-25(21,22)5/h7-8,15,17-22,29,31-32H,9-14,16H2,1-6H3/b8-7+/t18-,19+,20?,21+,22-,25+,26+,27?,28?/m0/s1. The Morgan fingerprint density at radius 2 is 1.66 bits per heavy atom. The van der Waals surface area contributed by atoms with E-state index in [0.717, 1.165) is 24.8 Å². The molecule has 3 N–H and O–H groups in total. The number of ketones is 1. The first-order valence-corrected chi connectivity index (χ1v) is 12.9. The number of carbonyl (C=O) groups is 1. The normalized spacial score (nSPS) is 48.2. The van der Waals surface area contributed by atoms with Crippen molar-refractivity contribution in [3.63, 3.8) is 0 Å². The van der Waals surface area contributed by atoms with E-state index in [0.29, 0.717) is 42.9 Å². The van der Waals surface area contributed by atoms with Crippen LogP contribution in [0.2, 0.25) is 0 Å². The van der Waals surface area contributed by atoms with Crippen molar-refractivity contribution in [1.29, 1.82) is 0 Å². The Kier molecular flexibility index (Phi) is 5.88. The van der Waals surface area contributed by atoms with Gasteiger partial charge in [0.25, 0.3) is 0 Å². The van der Waals surface area contributed by atoms with E-state index in [9.17, 15) is 20.1 Å². The summed E-state index contributed by atoms with van der Waals surface area (Å²) in [7, 11) is 0. The lowest BCUT2D eigenvalue weighted by Gasteiger charge is -2.63. The largest absolute Gasteiger partial charge is 0.393 e. The van der Waals surface area contributed by atoms with Crippen LogP contribution in [0.15, 0.2) is 23.8 Å². The van der Waals surface area contributed by atoms with Crippen LogP contribution in [0.1, 0.15) is 86.5 Å². The summed E-state index contributed by atoms with van der Waals surface area (Å²) in [5.41, 5.74) is -2.90. The quantitative estimate of drug-likeness (QED) is 0.543. The highest BCUT2D eigenvalue weighted by Gasteiger charge is 2.71. The first-order valence-electron chi connectivity index (χ1n) is 12.9. The van der Waals surface area contributed by atoms with Gasteiger partial charge in [0.2, 0.25) is 0 Å². The van der Waals surface area contributed by atoms with Crippen molar-refractivity contribution in [3.05, 3.63) is 23.8 Å². The minimum atomic E-state index is -1.68. The number of carbonyl (C=O) groups excluding carboxylic acids is 1. The van der Waals surface area contributed by atoms with Gasteiger partial charge in [0, 0.05) is 11.8 Å². The Morgan fingerprint density at radius 1 is 0.969 bits per heavy atom. The summed E-state index contributed by atoms with van der Waals surface area (Å²) in [6, 6.07) is 0. The maximum atomic E-state index is 13.3. The van der Waals surface area contributed by atoms with Crippen molar-refractivity contribution in [3.8, 4) is 0 Å². The van der Waals surface area contributed by atoms with Crippen LogP contribution in [-0.2, 0) is 4.79 Å². The van der Waals surface area contributed by atoms with Crippen molar-refractivity contribution in [2.75, 3.05) is 0 Å². The van der Waals surface area contributed by atoms with E-state index in [1.54, 1.807) is 6.08 Å². The van der Waals surface area contributed by atoms with Gasteiger partial charge in [-0.2, -0.15) is 0 Å². The fourth-order valence-electron chi connectivity index (χ4n) is 7.91. The number of aliphatic hydroxyl groups excluding tert-OH is 1. The molecule has 4 rings (SSSR count). The van der Waals surface area contributed by atoms with Gasteiger partial charge in [-0.1, -0.05) is 53.7 Å². The fraction of sp³-hybridized carbons (Fsp3) is 0.821. The Labute approximate surface area is 194 Å². The van der Waals surface area contributed by atoms with Gasteiger partial charge in [-0.25, -0.2) is 0 Å². The maximum absolute atomic E-state index is 13.3. The zero-order valence-electron chi connectivity index (χ0n) is 20.9. The number of aliphatic hydroxyl groups is 3. The summed E-state index contributed by atoms with van der Waals surface area (Å²) in [6.45, 7) is 13.4. The molecular formula is C28H44O4. The summed E-state index contributed by atoms with van der Waals surface area (Å²) in [5, 5.41) is 33.9. The molecule has 0 aliphatic heterocycles. The third kappa shape index (κ3) is 3.15. The minimum absolute atomic E-state index is 0.0227. The highest BCUT2D eigenvalue weighted by molar-refractivity contribution is 6.00. The molecule has 4 heteroatoms. The zero-order chi connectivity index (χ0) is 23.7. The Balaban J connectivity index is 1.67. The lowest BCUT2D eigenvalue weighted by Crippen LogP contribution is -2.71. The maximum Gasteiger partial charge on any atom is 0.188 e. The van der Waals surface area contributed by atoms with Gasteiger partial charge in [0.15, 0.2) is 5.78 Å². The second-order valence-corrected chi connectivity index (χ2v) is 12.5. The third-order valence-electron chi connectivity index (χ3n) is 10.7. The van der Waals surface area contributed by atoms with E-state index in [2.05, 4.69) is 46.8 Å². The lowest BCUT2D eigenvalue weighted by atomic mass is 9.43. The monoisotopic (exact) mass is 444 g/mol. The molecular weight excluding hydrogens is 400 g/mol. The Morgan fingerprint density at radius 3 is 2.31 bits per heavy atom. The lowest BCUT2D eigenvalue weighted by molar-refractivity contribution is -0.223. The second-order valence-electron chi connectivity index (χ2n) is 12.5. The summed E-state index contributed by atoms with van der Waals surface area (Å²) in [4.78, 5) is 13.3. The molecule has 0 saturated heterocycles. The number of rotatable bonds is 4. The van der Waals surface area contributed by atoms with E-state index in [-0.39, 0.29) is 23.5 Å². The fourth-order valence-corrected chi connectivity index (χ4v) is 7.91. The zero-order valence-corrected chi connectivity index (χ0v) is 20.9. The molecule has 0 bridgehead atoms. The van der Waals surface area contributed by atoms with Crippen LogP contribution in [0, 0.1) is 40.4 Å². The summed E-state index contributed by atoms with van der Waals surface area (Å²) in [5.74, 6) is 2.01. The molecule has 4 aliphatic carbocycles. The van der Waals surface area contributed by atoms with Crippen molar-refractivity contribution in [2.24, 2.45) is 40.4 Å². The smallest absolute Gasteiger partial charge is 0.188 e. The molecule has 3 unspecified atom stereocenters. The molecule has 0 amide bonds. The summed E-state index contributed by atoms with van der Waals surface area (Å²) >= 11 is 0. The van der Waals surface area contributed by atoms with Gasteiger partial charge in [0.05, 0.1) is 11.7 Å². The van der Waals surface area contributed by atoms with Crippen molar-refractivity contribution < 1.29 is 20.1 Å². The van der Waals surface area contributed by atoms with E-state index < -0.39 is 22.7 Å². The van der Waals surface area contributed by atoms with E-state index >= 15 is 0 Å². The predicted octanol–water partition coefficient (Wildman–Crippen LogP) is 4.82. The van der Waals surface area contributed by atoms with Crippen LogP contribution >= 0.6 is 0 Å². The van der Waals surface area contributed by atoms with E-state index in [4.69, 9.17) is 0 Å². The topological polar surface area (TPSA) is 77.8 Å². The summed E-state index contributed by atoms with van der Waals surface area (Å²) < 4.78 is 0. The highest BCUT2D eigenvalue weighted by atomic mass is 16.3. The van der Waals surface area contributed by atoms with Crippen LogP contribution in [-0.4, -0.2) is 38.4 Å². The first kappa shape index (κ1) is 24.2. The van der Waals surface area contributed by atoms with Crippen molar-refractivity contribution in [1.82, 2.24) is 0 Å². The number of allylic oxidation sites excluding steroid dienone is 2. The molecule has 32 heavy (non-hydrogen) atoms. The molecule has 0 heterocycles. The molecule has 3 saturated carbocycles. The van der Waals surface area contributed by atoms with Crippen LogP contribution in [0.3, 0.4) is 0 Å². The van der Waals surface area contributed by atoms with Gasteiger partial charge in [0.1, 0.15) is 5.60 Å². The highest BCUT2D eigenvalue weighted by Crippen LogP contribution is 2.68. The van der Waals surface area contributed by atoms with Gasteiger partial charge in [-0.05, 0) is 85.2 Å². The molecule has 0 spiro atoms. The van der Waals surface area contributed by atoms with Crippen molar-refractivity contribution in [2.45, 2.75) is 104 Å². The van der Waals surface area contributed by atoms with Gasteiger partial charge in [-0.3, -0.25) is 4.79 Å². The average molecular weight is 445 g/mol. The molecule has 0 radical (unpaired) electrons. The van der Waals surface area contributed by atoms with Gasteiger partial charge in [-0.15, -0.1) is 0 Å². The minimum Gasteiger partial charge on any atom is -0.393 e. The molecule has 4 aliphatic rings. The summed E-state index contributed by atoms with van der Waals surface area (Å²) in [6.07, 6.45) is 10.2. The molecule has 0 aromatic rings. The number of hydrogen-bond donors (Lipinski definition) is 3. The van der Waals surface area contributed by atoms with Crippen LogP contribution < -0.4 is 0 Å². The molecule has 9 atom stereocenters. The average Bonchev–Trinajstić information content (AvgIpc) is 3.07. The van der Waals surface area contributed by atoms with Crippen LogP contribution in [0.5, 0.6) is 0 Å². The van der Waals surface area contributed by atoms with Gasteiger partial charge < -0.3 is 15.3 Å². The van der Waals surface area contributed by atoms with E-state index in [1.165, 1.54) is 0 Å². The Hall–Kier alpha value is -0.970. The molecule has 0 aromatic carbocycles. The Bertz CT molecular complexity index is 829. The molecule has 4 nitrogen and oxygen atoms in total. The molecule has 180 valence electrons. The SMILES string of the molecule is CC(C)[C@@H](C)/C=C/[C@@H](C)[C@H]1CC[C@H]2C3=CC(=O)C4(O)CC(O)CC[C@]4(C)C3(O)CC[C@]12C. The number of fused-ring (bicyclic) bond motifs is 5.